The van der Waals surface area contributed by atoms with Gasteiger partial charge in [0.15, 0.2) is 12.1 Å². The van der Waals surface area contributed by atoms with E-state index in [1.165, 1.54) is 0 Å². The number of aryl methyl sites for hydroxylation is 1. The monoisotopic (exact) mass is 244 g/mol. The number of pyridine rings is 1. The van der Waals surface area contributed by atoms with Gasteiger partial charge in [0.2, 0.25) is 0 Å². The summed E-state index contributed by atoms with van der Waals surface area (Å²) < 4.78 is 4.15. The number of aromatic nitrogens is 2. The molecular formula is C14H18N3O+. The second kappa shape index (κ2) is 4.44. The lowest BCUT2D eigenvalue weighted by Crippen LogP contribution is -2.44. The maximum absolute atomic E-state index is 12.1. The predicted octanol–water partition coefficient (Wildman–Crippen LogP) is 1.16. The SMILES string of the molecule is Cc1n2ccccc2c[n+]1CC(=O)N1CCCC1. The first-order valence-corrected chi connectivity index (χ1v) is 6.49. The Morgan fingerprint density at radius 1 is 1.33 bits per heavy atom. The molecule has 2 aromatic rings. The van der Waals surface area contributed by atoms with Gasteiger partial charge in [-0.2, -0.15) is 0 Å². The van der Waals surface area contributed by atoms with Gasteiger partial charge in [-0.15, -0.1) is 0 Å². The molecule has 0 atom stereocenters. The fraction of sp³-hybridized carbons (Fsp3) is 0.429. The molecule has 0 unspecified atom stereocenters. The third kappa shape index (κ3) is 1.88. The molecule has 0 aliphatic carbocycles. The lowest BCUT2D eigenvalue weighted by molar-refractivity contribution is -0.689. The summed E-state index contributed by atoms with van der Waals surface area (Å²) in [5, 5.41) is 0. The maximum atomic E-state index is 12.1. The molecule has 3 heterocycles. The zero-order valence-electron chi connectivity index (χ0n) is 10.7. The van der Waals surface area contributed by atoms with Gasteiger partial charge in [0.1, 0.15) is 6.20 Å². The molecule has 4 nitrogen and oxygen atoms in total. The molecule has 1 aliphatic heterocycles. The smallest absolute Gasteiger partial charge is 0.264 e. The van der Waals surface area contributed by atoms with E-state index in [0.29, 0.717) is 6.54 Å². The number of carbonyl (C=O) groups excluding carboxylic acids is 1. The second-order valence-corrected chi connectivity index (χ2v) is 4.89. The molecule has 94 valence electrons. The standard InChI is InChI=1S/C14H18N3O/c1-12-16(10-13-6-2-3-9-17(12)13)11-14(18)15-7-4-5-8-15/h2-3,6,9-10H,4-5,7-8,11H2,1H3/q+1. The Kier molecular flexibility index (Phi) is 2.78. The first kappa shape index (κ1) is 11.3. The Labute approximate surface area is 106 Å². The van der Waals surface area contributed by atoms with Crippen molar-refractivity contribution in [3.63, 3.8) is 0 Å². The van der Waals surface area contributed by atoms with E-state index in [1.807, 2.05) is 40.9 Å². The minimum Gasteiger partial charge on any atom is -0.339 e. The Bertz CT molecular complexity index is 582. The van der Waals surface area contributed by atoms with Gasteiger partial charge < -0.3 is 4.90 Å². The summed E-state index contributed by atoms with van der Waals surface area (Å²) in [7, 11) is 0. The number of hydrogen-bond donors (Lipinski definition) is 0. The molecular weight excluding hydrogens is 226 g/mol. The van der Waals surface area contributed by atoms with Crippen LogP contribution in [0.2, 0.25) is 0 Å². The van der Waals surface area contributed by atoms with Crippen molar-refractivity contribution in [2.45, 2.75) is 26.3 Å². The van der Waals surface area contributed by atoms with Crippen molar-refractivity contribution < 1.29 is 9.36 Å². The third-order valence-corrected chi connectivity index (χ3v) is 3.71. The van der Waals surface area contributed by atoms with E-state index >= 15 is 0 Å². The Hall–Kier alpha value is -1.84. The van der Waals surface area contributed by atoms with E-state index in [2.05, 4.69) is 10.5 Å². The van der Waals surface area contributed by atoms with Crippen LogP contribution in [0.4, 0.5) is 0 Å². The first-order valence-electron chi connectivity index (χ1n) is 6.49. The lowest BCUT2D eigenvalue weighted by atomic mass is 10.4. The molecule has 0 radical (unpaired) electrons. The molecule has 1 fully saturated rings. The highest BCUT2D eigenvalue weighted by molar-refractivity contribution is 5.75. The van der Waals surface area contributed by atoms with Crippen molar-refractivity contribution in [1.29, 1.82) is 0 Å². The minimum atomic E-state index is 0.233. The molecule has 4 heteroatoms. The highest BCUT2D eigenvalue weighted by Crippen LogP contribution is 2.08. The highest BCUT2D eigenvalue weighted by Gasteiger charge is 2.22. The minimum absolute atomic E-state index is 0.233. The number of likely N-dealkylation sites (tertiary alicyclic amines) is 1. The van der Waals surface area contributed by atoms with E-state index < -0.39 is 0 Å². The summed E-state index contributed by atoms with van der Waals surface area (Å²) in [5.74, 6) is 1.33. The summed E-state index contributed by atoms with van der Waals surface area (Å²) >= 11 is 0. The van der Waals surface area contributed by atoms with Gasteiger partial charge in [-0.1, -0.05) is 6.07 Å². The quantitative estimate of drug-likeness (QED) is 0.729. The molecule has 1 amide bonds. The summed E-state index contributed by atoms with van der Waals surface area (Å²) in [6.45, 7) is 4.34. The fourth-order valence-corrected chi connectivity index (χ4v) is 2.62. The number of imidazole rings is 1. The van der Waals surface area contributed by atoms with Crippen LogP contribution in [-0.2, 0) is 11.3 Å². The molecule has 3 rings (SSSR count). The van der Waals surface area contributed by atoms with E-state index in [4.69, 9.17) is 0 Å². The van der Waals surface area contributed by atoms with Crippen molar-refractivity contribution in [1.82, 2.24) is 9.30 Å². The largest absolute Gasteiger partial charge is 0.339 e. The van der Waals surface area contributed by atoms with Crippen LogP contribution in [0.5, 0.6) is 0 Å². The van der Waals surface area contributed by atoms with E-state index in [0.717, 1.165) is 37.3 Å². The molecule has 0 saturated carbocycles. The van der Waals surface area contributed by atoms with Crippen LogP contribution in [0.3, 0.4) is 0 Å². The van der Waals surface area contributed by atoms with Gasteiger partial charge in [-0.3, -0.25) is 4.79 Å². The summed E-state index contributed by atoms with van der Waals surface area (Å²) in [6, 6.07) is 6.08. The van der Waals surface area contributed by atoms with E-state index in [-0.39, 0.29) is 5.91 Å². The van der Waals surface area contributed by atoms with Crippen LogP contribution in [0.25, 0.3) is 5.52 Å². The van der Waals surface area contributed by atoms with E-state index in [9.17, 15) is 4.79 Å². The molecule has 1 saturated heterocycles. The third-order valence-electron chi connectivity index (χ3n) is 3.71. The first-order chi connectivity index (χ1) is 8.75. The summed E-state index contributed by atoms with van der Waals surface area (Å²) in [5.41, 5.74) is 1.13. The van der Waals surface area contributed by atoms with Gasteiger partial charge in [-0.25, -0.2) is 8.97 Å². The molecule has 0 N–H and O–H groups in total. The second-order valence-electron chi connectivity index (χ2n) is 4.89. The van der Waals surface area contributed by atoms with Crippen LogP contribution in [-0.4, -0.2) is 28.3 Å². The summed E-state index contributed by atoms with van der Waals surface area (Å²) in [6.07, 6.45) is 6.37. The number of carbonyl (C=O) groups is 1. The molecule has 0 aromatic carbocycles. The number of hydrogen-bond acceptors (Lipinski definition) is 1. The predicted molar refractivity (Wildman–Crippen MR) is 68.1 cm³/mol. The molecule has 2 aromatic heterocycles. The van der Waals surface area contributed by atoms with Crippen LogP contribution in [0.1, 0.15) is 18.7 Å². The zero-order valence-corrected chi connectivity index (χ0v) is 10.7. The Balaban J connectivity index is 1.86. The van der Waals surface area contributed by atoms with Gasteiger partial charge in [0, 0.05) is 20.0 Å². The topological polar surface area (TPSA) is 28.6 Å². The summed E-state index contributed by atoms with van der Waals surface area (Å²) in [4.78, 5) is 14.1. The Morgan fingerprint density at radius 2 is 2.11 bits per heavy atom. The fourth-order valence-electron chi connectivity index (χ4n) is 2.62. The molecule has 18 heavy (non-hydrogen) atoms. The van der Waals surface area contributed by atoms with Crippen molar-refractivity contribution in [2.75, 3.05) is 13.1 Å². The number of amides is 1. The average Bonchev–Trinajstić information content (AvgIpc) is 3.00. The lowest BCUT2D eigenvalue weighted by Gasteiger charge is -2.13. The normalized spacial score (nSPS) is 15.5. The number of rotatable bonds is 2. The van der Waals surface area contributed by atoms with Gasteiger partial charge in [-0.05, 0) is 25.0 Å². The van der Waals surface area contributed by atoms with Gasteiger partial charge in [0.25, 0.3) is 11.7 Å². The van der Waals surface area contributed by atoms with Crippen molar-refractivity contribution in [3.05, 3.63) is 36.4 Å². The molecule has 1 aliphatic rings. The van der Waals surface area contributed by atoms with Crippen LogP contribution < -0.4 is 4.57 Å². The zero-order chi connectivity index (χ0) is 12.5. The molecule has 0 bridgehead atoms. The van der Waals surface area contributed by atoms with Crippen molar-refractivity contribution in [3.8, 4) is 0 Å². The van der Waals surface area contributed by atoms with Crippen molar-refractivity contribution in [2.24, 2.45) is 0 Å². The number of nitrogens with zero attached hydrogens (tertiary/aromatic N) is 3. The van der Waals surface area contributed by atoms with Crippen LogP contribution >= 0.6 is 0 Å². The maximum Gasteiger partial charge on any atom is 0.264 e. The number of fused-ring (bicyclic) bond motifs is 1. The van der Waals surface area contributed by atoms with Gasteiger partial charge >= 0.3 is 0 Å². The van der Waals surface area contributed by atoms with Crippen LogP contribution in [0, 0.1) is 6.92 Å². The molecule has 0 spiro atoms. The van der Waals surface area contributed by atoms with Gasteiger partial charge in [0.05, 0.1) is 6.20 Å². The van der Waals surface area contributed by atoms with E-state index in [1.54, 1.807) is 0 Å². The van der Waals surface area contributed by atoms with Crippen LogP contribution in [0.15, 0.2) is 30.6 Å². The highest BCUT2D eigenvalue weighted by atomic mass is 16.2. The van der Waals surface area contributed by atoms with Crippen molar-refractivity contribution >= 4 is 11.4 Å². The Morgan fingerprint density at radius 3 is 2.83 bits per heavy atom. The average molecular weight is 244 g/mol.